The standard InChI is InChI=1S/C14H22N4O2S/c1-2-3-4-21-8-11(7-19)15-5-10-6-16-13-12(10)17-9-18-14(13)20/h6,9,11,15-16,19H,2-5,7-8H2,1H3,(H,17,18,20)/t11-/m1/s1. The molecule has 2 aromatic rings. The van der Waals surface area contributed by atoms with Crippen LogP contribution < -0.4 is 10.9 Å². The summed E-state index contributed by atoms with van der Waals surface area (Å²) < 4.78 is 0. The van der Waals surface area contributed by atoms with Crippen molar-refractivity contribution in [3.63, 3.8) is 0 Å². The molecule has 0 bridgehead atoms. The third-order valence-electron chi connectivity index (χ3n) is 3.31. The number of aromatic nitrogens is 3. The van der Waals surface area contributed by atoms with Gasteiger partial charge in [0.25, 0.3) is 5.56 Å². The number of aliphatic hydroxyl groups is 1. The highest BCUT2D eigenvalue weighted by atomic mass is 32.2. The van der Waals surface area contributed by atoms with Crippen LogP contribution in [0.1, 0.15) is 25.3 Å². The largest absolute Gasteiger partial charge is 0.395 e. The molecule has 116 valence electrons. The second-order valence-electron chi connectivity index (χ2n) is 4.96. The zero-order valence-electron chi connectivity index (χ0n) is 12.2. The quantitative estimate of drug-likeness (QED) is 0.523. The van der Waals surface area contributed by atoms with Gasteiger partial charge < -0.3 is 20.4 Å². The Balaban J connectivity index is 1.91. The van der Waals surface area contributed by atoms with Crippen LogP contribution in [0.4, 0.5) is 0 Å². The van der Waals surface area contributed by atoms with Crippen LogP contribution in [0.25, 0.3) is 11.0 Å². The molecular weight excluding hydrogens is 288 g/mol. The van der Waals surface area contributed by atoms with Crippen LogP contribution >= 0.6 is 11.8 Å². The molecule has 2 rings (SSSR count). The third-order valence-corrected chi connectivity index (χ3v) is 4.53. The first-order chi connectivity index (χ1) is 10.3. The molecule has 21 heavy (non-hydrogen) atoms. The first-order valence-electron chi connectivity index (χ1n) is 7.21. The molecule has 0 unspecified atom stereocenters. The van der Waals surface area contributed by atoms with Crippen LogP contribution in [-0.4, -0.2) is 44.2 Å². The minimum Gasteiger partial charge on any atom is -0.395 e. The van der Waals surface area contributed by atoms with Crippen molar-refractivity contribution >= 4 is 22.8 Å². The summed E-state index contributed by atoms with van der Waals surface area (Å²) in [6.45, 7) is 2.86. The molecule has 7 heteroatoms. The number of fused-ring (bicyclic) bond motifs is 1. The number of aromatic amines is 2. The van der Waals surface area contributed by atoms with Gasteiger partial charge in [0, 0.05) is 30.1 Å². The summed E-state index contributed by atoms with van der Waals surface area (Å²) in [7, 11) is 0. The highest BCUT2D eigenvalue weighted by Gasteiger charge is 2.11. The van der Waals surface area contributed by atoms with Gasteiger partial charge in [0.05, 0.1) is 18.5 Å². The van der Waals surface area contributed by atoms with Gasteiger partial charge >= 0.3 is 0 Å². The van der Waals surface area contributed by atoms with Crippen LogP contribution in [0.15, 0.2) is 17.3 Å². The number of nitrogens with one attached hydrogen (secondary N) is 3. The van der Waals surface area contributed by atoms with Crippen molar-refractivity contribution in [2.45, 2.75) is 32.4 Å². The fourth-order valence-corrected chi connectivity index (χ4v) is 3.21. The summed E-state index contributed by atoms with van der Waals surface area (Å²) in [5.41, 5.74) is 1.95. The lowest BCUT2D eigenvalue weighted by Crippen LogP contribution is -2.34. The lowest BCUT2D eigenvalue weighted by molar-refractivity contribution is 0.253. The zero-order chi connectivity index (χ0) is 15.1. The van der Waals surface area contributed by atoms with Gasteiger partial charge in [-0.2, -0.15) is 11.8 Å². The van der Waals surface area contributed by atoms with E-state index in [2.05, 4.69) is 27.2 Å². The van der Waals surface area contributed by atoms with Crippen LogP contribution in [0.5, 0.6) is 0 Å². The molecule has 0 fully saturated rings. The molecule has 0 aliphatic rings. The van der Waals surface area contributed by atoms with Gasteiger partial charge in [-0.25, -0.2) is 4.98 Å². The maximum absolute atomic E-state index is 11.6. The molecular formula is C14H22N4O2S. The Kier molecular flexibility index (Phi) is 6.28. The SMILES string of the molecule is CCCCSC[C@@H](CO)NCc1c[nH]c2c(=O)[nH]cnc12. The molecule has 0 aliphatic carbocycles. The lowest BCUT2D eigenvalue weighted by atomic mass is 10.2. The van der Waals surface area contributed by atoms with Crippen molar-refractivity contribution in [3.05, 3.63) is 28.4 Å². The van der Waals surface area contributed by atoms with E-state index in [4.69, 9.17) is 0 Å². The fraction of sp³-hybridized carbons (Fsp3) is 0.571. The summed E-state index contributed by atoms with van der Waals surface area (Å²) in [5.74, 6) is 2.01. The first-order valence-corrected chi connectivity index (χ1v) is 8.37. The monoisotopic (exact) mass is 310 g/mol. The highest BCUT2D eigenvalue weighted by molar-refractivity contribution is 7.99. The first kappa shape index (κ1) is 16.1. The molecule has 0 radical (unpaired) electrons. The van der Waals surface area contributed by atoms with Crippen molar-refractivity contribution in [2.24, 2.45) is 0 Å². The molecule has 0 aliphatic heterocycles. The molecule has 1 atom stereocenters. The van der Waals surface area contributed by atoms with Gasteiger partial charge in [-0.3, -0.25) is 4.79 Å². The average Bonchev–Trinajstić information content (AvgIpc) is 2.91. The number of unbranched alkanes of at least 4 members (excludes halogenated alkanes) is 1. The van der Waals surface area contributed by atoms with Crippen molar-refractivity contribution in [1.82, 2.24) is 20.3 Å². The summed E-state index contributed by atoms with van der Waals surface area (Å²) in [4.78, 5) is 21.3. The number of hydrogen-bond acceptors (Lipinski definition) is 5. The predicted octanol–water partition coefficient (Wildman–Crippen LogP) is 1.24. The Morgan fingerprint density at radius 2 is 2.33 bits per heavy atom. The topological polar surface area (TPSA) is 93.8 Å². The number of thioether (sulfide) groups is 1. The Hall–Kier alpha value is -1.31. The summed E-state index contributed by atoms with van der Waals surface area (Å²) in [6.07, 6.45) is 5.60. The normalized spacial score (nSPS) is 12.9. The molecule has 0 aromatic carbocycles. The van der Waals surface area contributed by atoms with E-state index in [1.165, 1.54) is 19.2 Å². The van der Waals surface area contributed by atoms with Gasteiger partial charge in [0.2, 0.25) is 0 Å². The van der Waals surface area contributed by atoms with E-state index < -0.39 is 0 Å². The van der Waals surface area contributed by atoms with Crippen molar-refractivity contribution in [1.29, 1.82) is 0 Å². The Labute approximate surface area is 127 Å². The van der Waals surface area contributed by atoms with Crippen LogP contribution in [0, 0.1) is 0 Å². The molecule has 2 heterocycles. The van der Waals surface area contributed by atoms with Crippen molar-refractivity contribution in [2.75, 3.05) is 18.1 Å². The number of hydrogen-bond donors (Lipinski definition) is 4. The Morgan fingerprint density at radius 1 is 1.48 bits per heavy atom. The second-order valence-corrected chi connectivity index (χ2v) is 6.11. The maximum atomic E-state index is 11.6. The molecule has 0 saturated heterocycles. The van der Waals surface area contributed by atoms with Gasteiger partial charge in [-0.1, -0.05) is 13.3 Å². The van der Waals surface area contributed by atoms with Crippen molar-refractivity contribution in [3.8, 4) is 0 Å². The number of rotatable bonds is 9. The summed E-state index contributed by atoms with van der Waals surface area (Å²) in [6, 6.07) is 0.0544. The summed E-state index contributed by atoms with van der Waals surface area (Å²) in [5, 5.41) is 12.7. The minimum atomic E-state index is -0.167. The lowest BCUT2D eigenvalue weighted by Gasteiger charge is -2.15. The fourth-order valence-electron chi connectivity index (χ4n) is 2.04. The highest BCUT2D eigenvalue weighted by Crippen LogP contribution is 2.12. The van der Waals surface area contributed by atoms with Crippen LogP contribution in [-0.2, 0) is 6.54 Å². The molecule has 4 N–H and O–H groups in total. The average molecular weight is 310 g/mol. The van der Waals surface area contributed by atoms with E-state index in [0.717, 1.165) is 17.1 Å². The van der Waals surface area contributed by atoms with Crippen LogP contribution in [0.3, 0.4) is 0 Å². The molecule has 0 spiro atoms. The second kappa shape index (κ2) is 8.21. The van der Waals surface area contributed by atoms with E-state index in [1.54, 1.807) is 6.20 Å². The van der Waals surface area contributed by atoms with Crippen molar-refractivity contribution < 1.29 is 5.11 Å². The van der Waals surface area contributed by atoms with E-state index >= 15 is 0 Å². The van der Waals surface area contributed by atoms with Gasteiger partial charge in [0.15, 0.2) is 0 Å². The Bertz CT molecular complexity index is 610. The summed E-state index contributed by atoms with van der Waals surface area (Å²) >= 11 is 1.85. The van der Waals surface area contributed by atoms with Gasteiger partial charge in [-0.15, -0.1) is 0 Å². The molecule has 0 amide bonds. The predicted molar refractivity (Wildman–Crippen MR) is 86.7 cm³/mol. The van der Waals surface area contributed by atoms with Gasteiger partial charge in [0.1, 0.15) is 5.52 Å². The number of H-pyrrole nitrogens is 2. The molecule has 6 nitrogen and oxygen atoms in total. The maximum Gasteiger partial charge on any atom is 0.275 e. The third kappa shape index (κ3) is 4.33. The van der Waals surface area contributed by atoms with Gasteiger partial charge in [-0.05, 0) is 12.2 Å². The number of aliphatic hydroxyl groups excluding tert-OH is 1. The number of nitrogens with zero attached hydrogens (tertiary/aromatic N) is 1. The minimum absolute atomic E-state index is 0.0544. The van der Waals surface area contributed by atoms with Crippen LogP contribution in [0.2, 0.25) is 0 Å². The molecule has 2 aromatic heterocycles. The van der Waals surface area contributed by atoms with E-state index in [9.17, 15) is 9.90 Å². The van der Waals surface area contributed by atoms with E-state index in [0.29, 0.717) is 17.6 Å². The van der Waals surface area contributed by atoms with E-state index in [1.807, 2.05) is 11.8 Å². The molecule has 0 saturated carbocycles. The smallest absolute Gasteiger partial charge is 0.275 e. The Morgan fingerprint density at radius 3 is 3.10 bits per heavy atom. The zero-order valence-corrected chi connectivity index (χ0v) is 13.0. The van der Waals surface area contributed by atoms with E-state index in [-0.39, 0.29) is 18.2 Å².